The Kier molecular flexibility index (Phi) is 3.74. The van der Waals surface area contributed by atoms with Crippen LogP contribution in [-0.2, 0) is 6.54 Å². The molecule has 1 heterocycles. The molecule has 4 nitrogen and oxygen atoms in total. The third-order valence-corrected chi connectivity index (χ3v) is 2.86. The lowest BCUT2D eigenvalue weighted by Gasteiger charge is -2.17. The van der Waals surface area contributed by atoms with Crippen molar-refractivity contribution in [3.63, 3.8) is 0 Å². The molecule has 2 N–H and O–H groups in total. The number of halogens is 2. The van der Waals surface area contributed by atoms with Gasteiger partial charge in [0, 0.05) is 18.8 Å². The number of nitrogens with two attached hydrogens (primary N) is 1. The average molecular weight is 280 g/mol. The summed E-state index contributed by atoms with van der Waals surface area (Å²) in [7, 11) is 1.53. The number of nitrogens with zero attached hydrogens (tertiary/aromatic N) is 1. The van der Waals surface area contributed by atoms with Crippen molar-refractivity contribution in [1.82, 2.24) is 4.90 Å². The van der Waals surface area contributed by atoms with Gasteiger partial charge in [-0.2, -0.15) is 0 Å². The number of nitrogen functional groups attached to an aromatic ring is 1. The standard InChI is InChI=1S/C14H14F2N2O2/c1-8-3-4-9(20-8)7-18(2)14(19)10-5-11(15)12(16)6-13(10)17/h3-6H,7,17H2,1-2H3. The third-order valence-electron chi connectivity index (χ3n) is 2.86. The molecule has 1 amide bonds. The van der Waals surface area contributed by atoms with Crippen molar-refractivity contribution in [3.8, 4) is 0 Å². The van der Waals surface area contributed by atoms with E-state index in [0.717, 1.165) is 17.9 Å². The van der Waals surface area contributed by atoms with E-state index in [9.17, 15) is 13.6 Å². The molecule has 0 unspecified atom stereocenters. The Bertz CT molecular complexity index is 653. The summed E-state index contributed by atoms with van der Waals surface area (Å²) < 4.78 is 31.5. The zero-order valence-corrected chi connectivity index (χ0v) is 11.1. The van der Waals surface area contributed by atoms with Crippen molar-refractivity contribution >= 4 is 11.6 Å². The first-order chi connectivity index (χ1) is 9.38. The number of benzene rings is 1. The minimum atomic E-state index is -1.11. The Morgan fingerprint density at radius 1 is 1.30 bits per heavy atom. The smallest absolute Gasteiger partial charge is 0.256 e. The molecule has 0 saturated heterocycles. The highest BCUT2D eigenvalue weighted by Crippen LogP contribution is 2.19. The molecular formula is C14H14F2N2O2. The molecule has 0 bridgehead atoms. The first-order valence-electron chi connectivity index (χ1n) is 5.93. The molecule has 0 fully saturated rings. The van der Waals surface area contributed by atoms with Crippen LogP contribution >= 0.6 is 0 Å². The molecular weight excluding hydrogens is 266 g/mol. The van der Waals surface area contributed by atoms with Crippen LogP contribution in [0.1, 0.15) is 21.9 Å². The number of amides is 1. The van der Waals surface area contributed by atoms with Gasteiger partial charge in [0.05, 0.1) is 12.1 Å². The Hall–Kier alpha value is -2.37. The lowest BCUT2D eigenvalue weighted by atomic mass is 10.1. The number of hydrogen-bond acceptors (Lipinski definition) is 3. The number of anilines is 1. The predicted octanol–water partition coefficient (Wildman–Crippen LogP) is 2.72. The van der Waals surface area contributed by atoms with E-state index in [1.54, 1.807) is 19.1 Å². The maximum Gasteiger partial charge on any atom is 0.256 e. The van der Waals surface area contributed by atoms with E-state index in [1.807, 2.05) is 0 Å². The highest BCUT2D eigenvalue weighted by molar-refractivity contribution is 5.98. The fraction of sp³-hybridized carbons (Fsp3) is 0.214. The van der Waals surface area contributed by atoms with Gasteiger partial charge < -0.3 is 15.1 Å². The van der Waals surface area contributed by atoms with E-state index in [1.165, 1.54) is 11.9 Å². The van der Waals surface area contributed by atoms with Crippen LogP contribution in [0.25, 0.3) is 0 Å². The van der Waals surface area contributed by atoms with Crippen LogP contribution in [0.3, 0.4) is 0 Å². The lowest BCUT2D eigenvalue weighted by Crippen LogP contribution is -2.27. The maximum atomic E-state index is 13.2. The van der Waals surface area contributed by atoms with Gasteiger partial charge in [-0.05, 0) is 25.1 Å². The molecule has 6 heteroatoms. The number of carbonyl (C=O) groups is 1. The van der Waals surface area contributed by atoms with Gasteiger partial charge in [0.2, 0.25) is 0 Å². The molecule has 2 rings (SSSR count). The van der Waals surface area contributed by atoms with E-state index < -0.39 is 17.5 Å². The SMILES string of the molecule is Cc1ccc(CN(C)C(=O)c2cc(F)c(F)cc2N)o1. The summed E-state index contributed by atoms with van der Waals surface area (Å²) in [6.45, 7) is 2.00. The fourth-order valence-electron chi connectivity index (χ4n) is 1.83. The largest absolute Gasteiger partial charge is 0.464 e. The van der Waals surface area contributed by atoms with Crippen LogP contribution in [0.15, 0.2) is 28.7 Å². The molecule has 0 spiro atoms. The van der Waals surface area contributed by atoms with E-state index in [0.29, 0.717) is 5.76 Å². The van der Waals surface area contributed by atoms with Crippen LogP contribution in [0.2, 0.25) is 0 Å². The highest BCUT2D eigenvalue weighted by atomic mass is 19.2. The molecule has 1 aromatic heterocycles. The minimum absolute atomic E-state index is 0.0744. The summed E-state index contributed by atoms with van der Waals surface area (Å²) in [4.78, 5) is 13.5. The highest BCUT2D eigenvalue weighted by Gasteiger charge is 2.18. The number of rotatable bonds is 3. The zero-order valence-electron chi connectivity index (χ0n) is 11.1. The summed E-state index contributed by atoms with van der Waals surface area (Å²) in [6, 6.07) is 5.12. The first kappa shape index (κ1) is 14.0. The van der Waals surface area contributed by atoms with Gasteiger partial charge in [0.25, 0.3) is 5.91 Å². The molecule has 2 aromatic rings. The predicted molar refractivity (Wildman–Crippen MR) is 70.0 cm³/mol. The third kappa shape index (κ3) is 2.79. The van der Waals surface area contributed by atoms with Crippen LogP contribution in [0, 0.1) is 18.6 Å². The molecule has 0 atom stereocenters. The minimum Gasteiger partial charge on any atom is -0.464 e. The second-order valence-electron chi connectivity index (χ2n) is 4.53. The molecule has 0 radical (unpaired) electrons. The van der Waals surface area contributed by atoms with Gasteiger partial charge in [0.1, 0.15) is 11.5 Å². The summed E-state index contributed by atoms with van der Waals surface area (Å²) in [6.07, 6.45) is 0. The van der Waals surface area contributed by atoms with Gasteiger partial charge in [-0.1, -0.05) is 0 Å². The van der Waals surface area contributed by atoms with Crippen molar-refractivity contribution in [2.24, 2.45) is 0 Å². The van der Waals surface area contributed by atoms with Gasteiger partial charge >= 0.3 is 0 Å². The monoisotopic (exact) mass is 280 g/mol. The van der Waals surface area contributed by atoms with Crippen molar-refractivity contribution < 1.29 is 18.0 Å². The van der Waals surface area contributed by atoms with Crippen molar-refractivity contribution in [2.75, 3.05) is 12.8 Å². The molecule has 0 saturated carbocycles. The van der Waals surface area contributed by atoms with Gasteiger partial charge in [-0.25, -0.2) is 8.78 Å². The summed E-state index contributed by atoms with van der Waals surface area (Å²) >= 11 is 0. The van der Waals surface area contributed by atoms with Crippen molar-refractivity contribution in [2.45, 2.75) is 13.5 Å². The summed E-state index contributed by atoms with van der Waals surface area (Å²) in [5, 5.41) is 0. The zero-order chi connectivity index (χ0) is 14.9. The van der Waals surface area contributed by atoms with Gasteiger partial charge in [0.15, 0.2) is 11.6 Å². The maximum absolute atomic E-state index is 13.2. The van der Waals surface area contributed by atoms with E-state index in [4.69, 9.17) is 10.2 Å². The summed E-state index contributed by atoms with van der Waals surface area (Å²) in [5.74, 6) is -1.36. The molecule has 0 aliphatic rings. The Morgan fingerprint density at radius 3 is 2.55 bits per heavy atom. The van der Waals surface area contributed by atoms with Crippen LogP contribution in [0.4, 0.5) is 14.5 Å². The van der Waals surface area contributed by atoms with E-state index in [-0.39, 0.29) is 17.8 Å². The van der Waals surface area contributed by atoms with Gasteiger partial charge in [-0.15, -0.1) is 0 Å². The molecule has 0 aliphatic carbocycles. The topological polar surface area (TPSA) is 59.5 Å². The molecule has 20 heavy (non-hydrogen) atoms. The van der Waals surface area contributed by atoms with Crippen molar-refractivity contribution in [3.05, 3.63) is 53.0 Å². The van der Waals surface area contributed by atoms with Crippen molar-refractivity contribution in [1.29, 1.82) is 0 Å². The Morgan fingerprint density at radius 2 is 1.95 bits per heavy atom. The van der Waals surface area contributed by atoms with Crippen LogP contribution in [-0.4, -0.2) is 17.9 Å². The van der Waals surface area contributed by atoms with Crippen LogP contribution in [0.5, 0.6) is 0 Å². The van der Waals surface area contributed by atoms with E-state index >= 15 is 0 Å². The Balaban J connectivity index is 2.20. The summed E-state index contributed by atoms with van der Waals surface area (Å²) in [5.41, 5.74) is 5.37. The number of hydrogen-bond donors (Lipinski definition) is 1. The quantitative estimate of drug-likeness (QED) is 0.879. The van der Waals surface area contributed by atoms with E-state index in [2.05, 4.69) is 0 Å². The second-order valence-corrected chi connectivity index (χ2v) is 4.53. The second kappa shape index (κ2) is 5.32. The number of aryl methyl sites for hydroxylation is 1. The number of carbonyl (C=O) groups excluding carboxylic acids is 1. The normalized spacial score (nSPS) is 10.6. The lowest BCUT2D eigenvalue weighted by molar-refractivity contribution is 0.0775. The van der Waals surface area contributed by atoms with Gasteiger partial charge in [-0.3, -0.25) is 4.79 Å². The van der Waals surface area contributed by atoms with Crippen LogP contribution < -0.4 is 5.73 Å². The molecule has 106 valence electrons. The number of furan rings is 1. The molecule has 1 aromatic carbocycles. The average Bonchev–Trinajstić information content (AvgIpc) is 2.78. The Labute approximate surface area is 114 Å². The fourth-order valence-corrected chi connectivity index (χ4v) is 1.83. The molecule has 0 aliphatic heterocycles. The first-order valence-corrected chi connectivity index (χ1v) is 5.93.